The fourth-order valence-corrected chi connectivity index (χ4v) is 6.80. The third-order valence-corrected chi connectivity index (χ3v) is 7.91. The Hall–Kier alpha value is -2.41. The molecule has 2 amide bonds. The number of aromatic nitrogens is 2. The minimum Gasteiger partial charge on any atom is -0.391 e. The fourth-order valence-electron chi connectivity index (χ4n) is 6.80. The highest BCUT2D eigenvalue weighted by Crippen LogP contribution is 2.59. The molecular weight excluding hydrogens is 404 g/mol. The minimum absolute atomic E-state index is 0.0779. The van der Waals surface area contributed by atoms with Crippen molar-refractivity contribution in [2.24, 2.45) is 23.2 Å². The van der Waals surface area contributed by atoms with Crippen LogP contribution in [0, 0.1) is 23.2 Å². The quantitative estimate of drug-likeness (QED) is 0.591. The van der Waals surface area contributed by atoms with Gasteiger partial charge in [0.05, 0.1) is 18.2 Å². The van der Waals surface area contributed by atoms with Crippen LogP contribution >= 0.6 is 0 Å². The minimum atomic E-state index is -0.538. The van der Waals surface area contributed by atoms with E-state index in [1.165, 1.54) is 38.5 Å². The average molecular weight is 439 g/mol. The normalized spacial score (nSPS) is 29.2. The highest BCUT2D eigenvalue weighted by atomic mass is 16.3. The molecule has 1 atom stereocenters. The largest absolute Gasteiger partial charge is 0.391 e. The van der Waals surface area contributed by atoms with E-state index in [2.05, 4.69) is 15.6 Å². The summed E-state index contributed by atoms with van der Waals surface area (Å²) in [5.41, 5.74) is 2.10. The summed E-state index contributed by atoms with van der Waals surface area (Å²) in [6.45, 7) is 2.87. The molecule has 172 valence electrons. The Balaban J connectivity index is 1.25. The molecule has 2 aromatic rings. The number of carbonyl (C=O) groups is 2. The highest BCUT2D eigenvalue weighted by molar-refractivity contribution is 5.93. The maximum atomic E-state index is 13.1. The molecule has 7 nitrogen and oxygen atoms in total. The average Bonchev–Trinajstić information content (AvgIpc) is 3.17. The van der Waals surface area contributed by atoms with Crippen LogP contribution in [0.25, 0.3) is 5.65 Å². The molecule has 2 aromatic heterocycles. The van der Waals surface area contributed by atoms with E-state index < -0.39 is 6.10 Å². The van der Waals surface area contributed by atoms with E-state index in [-0.39, 0.29) is 24.8 Å². The monoisotopic (exact) mass is 438 g/mol. The van der Waals surface area contributed by atoms with Crippen LogP contribution in [0.3, 0.4) is 0 Å². The molecule has 0 radical (unpaired) electrons. The predicted molar refractivity (Wildman–Crippen MR) is 121 cm³/mol. The van der Waals surface area contributed by atoms with Gasteiger partial charge in [-0.25, -0.2) is 4.98 Å². The predicted octanol–water partition coefficient (Wildman–Crippen LogP) is 2.71. The molecule has 4 aliphatic carbocycles. The molecule has 6 rings (SSSR count). The number of aliphatic hydroxyl groups excluding tert-OH is 1. The third-order valence-electron chi connectivity index (χ3n) is 7.91. The first-order valence-electron chi connectivity index (χ1n) is 12.1. The number of nitrogens with zero attached hydrogens (tertiary/aromatic N) is 2. The summed E-state index contributed by atoms with van der Waals surface area (Å²) in [4.78, 5) is 29.8. The van der Waals surface area contributed by atoms with E-state index in [1.54, 1.807) is 10.6 Å². The molecule has 4 aliphatic rings. The zero-order valence-corrected chi connectivity index (χ0v) is 18.8. The molecule has 3 N–H and O–H groups in total. The molecule has 0 aliphatic heterocycles. The third kappa shape index (κ3) is 4.27. The topological polar surface area (TPSA) is 95.7 Å². The second-order valence-corrected chi connectivity index (χ2v) is 10.5. The summed E-state index contributed by atoms with van der Waals surface area (Å²) >= 11 is 0. The van der Waals surface area contributed by atoms with Crippen molar-refractivity contribution in [1.82, 2.24) is 20.0 Å². The van der Waals surface area contributed by atoms with E-state index in [9.17, 15) is 14.7 Å². The Bertz CT molecular complexity index is 978. The summed E-state index contributed by atoms with van der Waals surface area (Å²) in [6, 6.07) is 5.49. The van der Waals surface area contributed by atoms with Gasteiger partial charge in [-0.3, -0.25) is 14.0 Å². The number of nitrogens with one attached hydrogen (secondary N) is 2. The smallest absolute Gasteiger partial charge is 0.268 e. The number of imidazole rings is 1. The number of pyridine rings is 1. The number of carbonyl (C=O) groups excluding carboxylic acids is 2. The lowest BCUT2D eigenvalue weighted by molar-refractivity contribution is -0.120. The van der Waals surface area contributed by atoms with Gasteiger partial charge in [-0.2, -0.15) is 0 Å². The number of hydrogen-bond donors (Lipinski definition) is 3. The summed E-state index contributed by atoms with van der Waals surface area (Å²) in [5.74, 6) is 2.33. The molecule has 1 unspecified atom stereocenters. The summed E-state index contributed by atoms with van der Waals surface area (Å²) < 4.78 is 1.78. The first-order chi connectivity index (χ1) is 15.4. The van der Waals surface area contributed by atoms with Crippen LogP contribution in [-0.4, -0.2) is 45.5 Å². The molecule has 4 saturated carbocycles. The van der Waals surface area contributed by atoms with Gasteiger partial charge in [0.1, 0.15) is 11.3 Å². The van der Waals surface area contributed by atoms with Gasteiger partial charge < -0.3 is 15.7 Å². The Morgan fingerprint density at radius 1 is 1.16 bits per heavy atom. The molecule has 7 heteroatoms. The molecule has 0 saturated heterocycles. The van der Waals surface area contributed by atoms with Gasteiger partial charge in [-0.15, -0.1) is 0 Å². The summed E-state index contributed by atoms with van der Waals surface area (Å²) in [7, 11) is 0. The first-order valence-corrected chi connectivity index (χ1v) is 12.1. The van der Waals surface area contributed by atoms with Crippen molar-refractivity contribution in [3.63, 3.8) is 0 Å². The van der Waals surface area contributed by atoms with Crippen molar-refractivity contribution in [3.05, 3.63) is 35.8 Å². The van der Waals surface area contributed by atoms with E-state index in [0.29, 0.717) is 28.9 Å². The Labute approximate surface area is 189 Å². The van der Waals surface area contributed by atoms with Crippen molar-refractivity contribution < 1.29 is 14.7 Å². The maximum Gasteiger partial charge on any atom is 0.268 e. The molecule has 4 fully saturated rings. The molecule has 32 heavy (non-hydrogen) atoms. The van der Waals surface area contributed by atoms with E-state index >= 15 is 0 Å². The number of fused-ring (bicyclic) bond motifs is 1. The standard InChI is InChI=1S/C25H34N4O3/c1-2-20(30)13-26-23(31)9-19-14-29-21(4-3-5-22(29)28-19)24(32)27-15-25-10-16-6-17(11-25)8-18(7-16)12-25/h3-5,14,16-18,20,30H,2,6-13,15H2,1H3,(H,26,31)(H,27,32). The number of aliphatic hydroxyl groups is 1. The van der Waals surface area contributed by atoms with Crippen LogP contribution in [0.4, 0.5) is 0 Å². The van der Waals surface area contributed by atoms with Gasteiger partial charge in [0, 0.05) is 19.3 Å². The zero-order valence-electron chi connectivity index (χ0n) is 18.8. The van der Waals surface area contributed by atoms with Crippen molar-refractivity contribution in [2.45, 2.75) is 64.4 Å². The zero-order chi connectivity index (χ0) is 22.3. The Kier molecular flexibility index (Phi) is 5.70. The highest BCUT2D eigenvalue weighted by Gasteiger charge is 2.50. The van der Waals surface area contributed by atoms with Gasteiger partial charge in [-0.05, 0) is 80.2 Å². The second-order valence-electron chi connectivity index (χ2n) is 10.5. The van der Waals surface area contributed by atoms with Crippen molar-refractivity contribution in [2.75, 3.05) is 13.1 Å². The van der Waals surface area contributed by atoms with E-state index in [1.807, 2.05) is 25.1 Å². The van der Waals surface area contributed by atoms with Gasteiger partial charge >= 0.3 is 0 Å². The molecule has 2 heterocycles. The lowest BCUT2D eigenvalue weighted by Crippen LogP contribution is -2.51. The van der Waals surface area contributed by atoms with Gasteiger partial charge in [0.25, 0.3) is 5.91 Å². The summed E-state index contributed by atoms with van der Waals surface area (Å²) in [6.07, 6.45) is 9.93. The number of hydrogen-bond acceptors (Lipinski definition) is 4. The molecular formula is C25H34N4O3. The van der Waals surface area contributed by atoms with Crippen molar-refractivity contribution in [3.8, 4) is 0 Å². The van der Waals surface area contributed by atoms with Gasteiger partial charge in [0.15, 0.2) is 0 Å². The Morgan fingerprint density at radius 2 is 1.84 bits per heavy atom. The van der Waals surface area contributed by atoms with Crippen LogP contribution in [0.15, 0.2) is 24.4 Å². The fraction of sp³-hybridized carbons (Fsp3) is 0.640. The summed E-state index contributed by atoms with van der Waals surface area (Å²) in [5, 5.41) is 15.6. The van der Waals surface area contributed by atoms with Crippen LogP contribution in [0.1, 0.15) is 68.1 Å². The SMILES string of the molecule is CCC(O)CNC(=O)Cc1cn2c(C(=O)NCC34CC5CC(CC(C5)C3)C4)cccc2n1. The van der Waals surface area contributed by atoms with Crippen LogP contribution in [0.5, 0.6) is 0 Å². The maximum absolute atomic E-state index is 13.1. The van der Waals surface area contributed by atoms with Crippen LogP contribution in [0.2, 0.25) is 0 Å². The lowest BCUT2D eigenvalue weighted by atomic mass is 9.49. The van der Waals surface area contributed by atoms with Gasteiger partial charge in [0.2, 0.25) is 5.91 Å². The van der Waals surface area contributed by atoms with Crippen molar-refractivity contribution >= 4 is 17.5 Å². The van der Waals surface area contributed by atoms with Crippen LogP contribution < -0.4 is 10.6 Å². The van der Waals surface area contributed by atoms with Gasteiger partial charge in [-0.1, -0.05) is 13.0 Å². The molecule has 0 aromatic carbocycles. The van der Waals surface area contributed by atoms with E-state index in [0.717, 1.165) is 24.3 Å². The molecule has 4 bridgehead atoms. The van der Waals surface area contributed by atoms with E-state index in [4.69, 9.17) is 0 Å². The second kappa shape index (κ2) is 8.50. The lowest BCUT2D eigenvalue weighted by Gasteiger charge is -2.56. The first kappa shape index (κ1) is 21.4. The Morgan fingerprint density at radius 3 is 2.50 bits per heavy atom. The number of rotatable bonds is 8. The van der Waals surface area contributed by atoms with Crippen molar-refractivity contribution in [1.29, 1.82) is 0 Å². The van der Waals surface area contributed by atoms with Crippen LogP contribution in [-0.2, 0) is 11.2 Å². The molecule has 0 spiro atoms. The number of amides is 2.